The monoisotopic (exact) mass is 248 g/mol. The predicted molar refractivity (Wildman–Crippen MR) is 72.2 cm³/mol. The molecule has 3 heteroatoms. The lowest BCUT2D eigenvalue weighted by Crippen LogP contribution is -2.49. The van der Waals surface area contributed by atoms with Gasteiger partial charge in [-0.3, -0.25) is 4.79 Å². The Morgan fingerprint density at radius 1 is 1.28 bits per heavy atom. The Balaban J connectivity index is 1.34. The molecule has 3 rings (SSSR count). The molecule has 2 fully saturated rings. The van der Waals surface area contributed by atoms with Crippen molar-refractivity contribution in [1.29, 1.82) is 0 Å². The van der Waals surface area contributed by atoms with Crippen molar-refractivity contribution in [3.8, 4) is 0 Å². The Bertz CT molecular complexity index is 333. The Hall–Kier alpha value is -0.830. The molecule has 1 saturated heterocycles. The number of carbonyl (C=O) groups is 1. The van der Waals surface area contributed by atoms with Gasteiger partial charge in [-0.25, -0.2) is 0 Å². The van der Waals surface area contributed by atoms with Gasteiger partial charge in [0.05, 0.1) is 0 Å². The number of rotatable bonds is 4. The summed E-state index contributed by atoms with van der Waals surface area (Å²) in [6.07, 6.45) is 11.6. The maximum atomic E-state index is 12.0. The summed E-state index contributed by atoms with van der Waals surface area (Å²) >= 11 is 0. The molecule has 1 heterocycles. The quantitative estimate of drug-likeness (QED) is 0.771. The summed E-state index contributed by atoms with van der Waals surface area (Å²) in [7, 11) is 0. The van der Waals surface area contributed by atoms with Crippen molar-refractivity contribution in [2.45, 2.75) is 44.6 Å². The van der Waals surface area contributed by atoms with Gasteiger partial charge in [0.1, 0.15) is 0 Å². The first-order valence-corrected chi connectivity index (χ1v) is 7.52. The third kappa shape index (κ3) is 2.46. The van der Waals surface area contributed by atoms with Crippen LogP contribution >= 0.6 is 0 Å². The lowest BCUT2D eigenvalue weighted by Gasteiger charge is -2.41. The van der Waals surface area contributed by atoms with Crippen LogP contribution in [0.4, 0.5) is 0 Å². The second kappa shape index (κ2) is 5.43. The molecular weight excluding hydrogens is 224 g/mol. The molecule has 0 radical (unpaired) electrons. The van der Waals surface area contributed by atoms with Gasteiger partial charge in [0.25, 0.3) is 0 Å². The maximum absolute atomic E-state index is 12.0. The highest BCUT2D eigenvalue weighted by atomic mass is 16.2. The summed E-state index contributed by atoms with van der Waals surface area (Å²) in [5, 5.41) is 3.56. The Kier molecular flexibility index (Phi) is 3.69. The molecular formula is C15H24N2O. The zero-order valence-corrected chi connectivity index (χ0v) is 11.1. The Labute approximate surface area is 110 Å². The van der Waals surface area contributed by atoms with Crippen LogP contribution in [0.1, 0.15) is 38.5 Å². The molecule has 3 nitrogen and oxygen atoms in total. The van der Waals surface area contributed by atoms with Crippen LogP contribution in [0.3, 0.4) is 0 Å². The van der Waals surface area contributed by atoms with Crippen LogP contribution in [0.15, 0.2) is 12.2 Å². The van der Waals surface area contributed by atoms with E-state index in [0.29, 0.717) is 18.4 Å². The molecule has 1 aliphatic heterocycles. The molecule has 3 unspecified atom stereocenters. The van der Waals surface area contributed by atoms with Crippen molar-refractivity contribution in [3.05, 3.63) is 12.2 Å². The number of likely N-dealkylation sites (tertiary alicyclic amines) is 1. The summed E-state index contributed by atoms with van der Waals surface area (Å²) in [4.78, 5) is 14.0. The van der Waals surface area contributed by atoms with Crippen LogP contribution < -0.4 is 5.32 Å². The smallest absolute Gasteiger partial charge is 0.223 e. The highest BCUT2D eigenvalue weighted by Gasteiger charge is 2.40. The van der Waals surface area contributed by atoms with E-state index in [2.05, 4.69) is 17.5 Å². The SMILES string of the molecule is O=C(CCNC1CC2CC=CC21)N1CCCCC1. The van der Waals surface area contributed by atoms with Gasteiger partial charge in [-0.15, -0.1) is 0 Å². The first-order valence-electron chi connectivity index (χ1n) is 7.52. The number of nitrogens with zero attached hydrogens (tertiary/aromatic N) is 1. The molecule has 2 aliphatic carbocycles. The lowest BCUT2D eigenvalue weighted by molar-refractivity contribution is -0.132. The highest BCUT2D eigenvalue weighted by Crippen LogP contribution is 2.42. The van der Waals surface area contributed by atoms with Crippen LogP contribution in [0, 0.1) is 11.8 Å². The number of fused-ring (bicyclic) bond motifs is 1. The van der Waals surface area contributed by atoms with Crippen LogP contribution in [-0.2, 0) is 4.79 Å². The number of allylic oxidation sites excluding steroid dienone is 1. The van der Waals surface area contributed by atoms with Gasteiger partial charge in [0.2, 0.25) is 5.91 Å². The first kappa shape index (κ1) is 12.2. The molecule has 1 amide bonds. The van der Waals surface area contributed by atoms with E-state index in [1.54, 1.807) is 0 Å². The average Bonchev–Trinajstić information content (AvgIpc) is 2.77. The van der Waals surface area contributed by atoms with Gasteiger partial charge >= 0.3 is 0 Å². The first-order chi connectivity index (χ1) is 8.84. The standard InChI is InChI=1S/C15H24N2O/c18-15(17-9-2-1-3-10-17)7-8-16-14-11-12-5-4-6-13(12)14/h4,6,12-14,16H,1-3,5,7-11H2. The summed E-state index contributed by atoms with van der Waals surface area (Å²) in [5.41, 5.74) is 0. The highest BCUT2D eigenvalue weighted by molar-refractivity contribution is 5.76. The number of carbonyl (C=O) groups excluding carboxylic acids is 1. The second-order valence-corrected chi connectivity index (χ2v) is 5.99. The van der Waals surface area contributed by atoms with Gasteiger partial charge in [-0.05, 0) is 43.9 Å². The van der Waals surface area contributed by atoms with Crippen molar-refractivity contribution in [2.75, 3.05) is 19.6 Å². The van der Waals surface area contributed by atoms with Gasteiger partial charge in [0.15, 0.2) is 0 Å². The van der Waals surface area contributed by atoms with Crippen molar-refractivity contribution >= 4 is 5.91 Å². The topological polar surface area (TPSA) is 32.3 Å². The van der Waals surface area contributed by atoms with Crippen LogP contribution in [0.25, 0.3) is 0 Å². The second-order valence-electron chi connectivity index (χ2n) is 5.99. The average molecular weight is 248 g/mol. The van der Waals surface area contributed by atoms with Gasteiger partial charge < -0.3 is 10.2 Å². The molecule has 3 aliphatic rings. The van der Waals surface area contributed by atoms with Crippen molar-refractivity contribution in [3.63, 3.8) is 0 Å². The molecule has 3 atom stereocenters. The molecule has 1 N–H and O–H groups in total. The summed E-state index contributed by atoms with van der Waals surface area (Å²) in [5.74, 6) is 2.01. The van der Waals surface area contributed by atoms with Crippen molar-refractivity contribution < 1.29 is 4.79 Å². The molecule has 18 heavy (non-hydrogen) atoms. The van der Waals surface area contributed by atoms with Crippen LogP contribution in [0.5, 0.6) is 0 Å². The van der Waals surface area contributed by atoms with E-state index in [9.17, 15) is 4.79 Å². The van der Waals surface area contributed by atoms with E-state index in [4.69, 9.17) is 0 Å². The summed E-state index contributed by atoms with van der Waals surface area (Å²) in [6.45, 7) is 2.82. The molecule has 0 bridgehead atoms. The van der Waals surface area contributed by atoms with Crippen LogP contribution in [0.2, 0.25) is 0 Å². The minimum absolute atomic E-state index is 0.347. The normalized spacial score (nSPS) is 34.2. The van der Waals surface area contributed by atoms with Gasteiger partial charge in [0, 0.05) is 32.1 Å². The van der Waals surface area contributed by atoms with Crippen molar-refractivity contribution in [2.24, 2.45) is 11.8 Å². The fraction of sp³-hybridized carbons (Fsp3) is 0.800. The van der Waals surface area contributed by atoms with Crippen molar-refractivity contribution in [1.82, 2.24) is 10.2 Å². The molecule has 1 saturated carbocycles. The molecule has 0 spiro atoms. The molecule has 100 valence electrons. The summed E-state index contributed by atoms with van der Waals surface area (Å²) < 4.78 is 0. The Morgan fingerprint density at radius 2 is 2.11 bits per heavy atom. The van der Waals surface area contributed by atoms with Crippen LogP contribution in [-0.4, -0.2) is 36.5 Å². The minimum Gasteiger partial charge on any atom is -0.343 e. The third-order valence-electron chi connectivity index (χ3n) is 4.82. The summed E-state index contributed by atoms with van der Waals surface area (Å²) in [6, 6.07) is 0.642. The van der Waals surface area contributed by atoms with E-state index < -0.39 is 0 Å². The van der Waals surface area contributed by atoms with E-state index in [1.165, 1.54) is 32.1 Å². The number of piperidine rings is 1. The van der Waals surface area contributed by atoms with E-state index >= 15 is 0 Å². The number of nitrogens with one attached hydrogen (secondary N) is 1. The van der Waals surface area contributed by atoms with Gasteiger partial charge in [-0.1, -0.05) is 12.2 Å². The molecule has 0 aromatic heterocycles. The van der Waals surface area contributed by atoms with E-state index in [-0.39, 0.29) is 0 Å². The molecule has 0 aromatic rings. The largest absolute Gasteiger partial charge is 0.343 e. The number of hydrogen-bond donors (Lipinski definition) is 1. The number of amides is 1. The zero-order valence-electron chi connectivity index (χ0n) is 11.1. The van der Waals surface area contributed by atoms with E-state index in [0.717, 1.165) is 31.5 Å². The fourth-order valence-corrected chi connectivity index (χ4v) is 3.61. The maximum Gasteiger partial charge on any atom is 0.223 e. The fourth-order valence-electron chi connectivity index (χ4n) is 3.61. The van der Waals surface area contributed by atoms with Gasteiger partial charge in [-0.2, -0.15) is 0 Å². The predicted octanol–water partition coefficient (Wildman–Crippen LogP) is 1.94. The Morgan fingerprint density at radius 3 is 2.89 bits per heavy atom. The minimum atomic E-state index is 0.347. The lowest BCUT2D eigenvalue weighted by atomic mass is 9.71. The molecule has 0 aromatic carbocycles. The zero-order chi connectivity index (χ0) is 12.4. The third-order valence-corrected chi connectivity index (χ3v) is 4.82. The number of hydrogen-bond acceptors (Lipinski definition) is 2. The van der Waals surface area contributed by atoms with E-state index in [1.807, 2.05) is 4.90 Å².